The van der Waals surface area contributed by atoms with Crippen LogP contribution in [0.1, 0.15) is 89.5 Å². The fourth-order valence-electron chi connectivity index (χ4n) is 7.88. The van der Waals surface area contributed by atoms with Gasteiger partial charge in [-0.2, -0.15) is 9.78 Å². The summed E-state index contributed by atoms with van der Waals surface area (Å²) < 4.78 is 12.9. The fourth-order valence-corrected chi connectivity index (χ4v) is 7.88. The first-order valence-corrected chi connectivity index (χ1v) is 14.1. The zero-order valence-corrected chi connectivity index (χ0v) is 21.5. The second-order valence-corrected chi connectivity index (χ2v) is 12.8. The van der Waals surface area contributed by atoms with Crippen LogP contribution in [-0.2, 0) is 14.5 Å². The van der Waals surface area contributed by atoms with Gasteiger partial charge < -0.3 is 19.9 Å². The number of nitrogens with one attached hydrogen (secondary N) is 1. The molecule has 194 valence electrons. The van der Waals surface area contributed by atoms with Gasteiger partial charge in [-0.3, -0.25) is 0 Å². The summed E-state index contributed by atoms with van der Waals surface area (Å²) in [6, 6.07) is 8.60. The van der Waals surface area contributed by atoms with Gasteiger partial charge in [0.25, 0.3) is 0 Å². The lowest BCUT2D eigenvalue weighted by molar-refractivity contribution is -0.390. The van der Waals surface area contributed by atoms with Crippen molar-refractivity contribution in [2.45, 2.75) is 101 Å². The largest absolute Gasteiger partial charge is 0.494 e. The van der Waals surface area contributed by atoms with E-state index in [1.54, 1.807) is 0 Å². The molecule has 2 atom stereocenters. The van der Waals surface area contributed by atoms with Crippen molar-refractivity contribution < 1.29 is 24.4 Å². The van der Waals surface area contributed by atoms with Gasteiger partial charge in [-0.25, -0.2) is 0 Å². The maximum Gasteiger partial charge on any atom is 0.210 e. The van der Waals surface area contributed by atoms with Gasteiger partial charge in [0, 0.05) is 31.2 Å². The quantitative estimate of drug-likeness (QED) is 0.385. The summed E-state index contributed by atoms with van der Waals surface area (Å²) in [5.74, 6) is 3.07. The Morgan fingerprint density at radius 1 is 1.03 bits per heavy atom. The van der Waals surface area contributed by atoms with Crippen LogP contribution in [0.5, 0.6) is 5.75 Å². The Bertz CT molecular complexity index is 852. The van der Waals surface area contributed by atoms with Crippen molar-refractivity contribution in [1.29, 1.82) is 0 Å². The minimum absolute atomic E-state index is 0.416. The fraction of sp³-hybridized carbons (Fsp3) is 0.793. The highest BCUT2D eigenvalue weighted by Gasteiger charge is 2.67. The van der Waals surface area contributed by atoms with Crippen LogP contribution in [0.15, 0.2) is 24.3 Å². The molecule has 0 aromatic heterocycles. The third-order valence-electron chi connectivity index (χ3n) is 9.29. The highest BCUT2D eigenvalue weighted by atomic mass is 17.3. The monoisotopic (exact) mass is 485 g/mol. The summed E-state index contributed by atoms with van der Waals surface area (Å²) in [6.07, 6.45) is 11.4. The predicted octanol–water partition coefficient (Wildman–Crippen LogP) is 5.30. The van der Waals surface area contributed by atoms with Crippen LogP contribution in [0, 0.1) is 23.7 Å². The van der Waals surface area contributed by atoms with Crippen LogP contribution in [0.4, 0.5) is 0 Å². The van der Waals surface area contributed by atoms with Crippen molar-refractivity contribution in [3.63, 3.8) is 0 Å². The molecule has 1 aliphatic heterocycles. The van der Waals surface area contributed by atoms with E-state index in [4.69, 9.17) is 19.2 Å². The van der Waals surface area contributed by atoms with E-state index in [0.29, 0.717) is 30.9 Å². The molecule has 1 saturated heterocycles. The summed E-state index contributed by atoms with van der Waals surface area (Å²) >= 11 is 0. The highest BCUT2D eigenvalue weighted by molar-refractivity contribution is 5.30. The number of rotatable bonds is 8. The number of aliphatic hydroxyl groups is 1. The Labute approximate surface area is 210 Å². The number of benzene rings is 1. The van der Waals surface area contributed by atoms with Crippen LogP contribution >= 0.6 is 0 Å². The Hall–Kier alpha value is -1.18. The summed E-state index contributed by atoms with van der Waals surface area (Å²) in [4.78, 5) is 12.4. The van der Waals surface area contributed by atoms with E-state index in [9.17, 15) is 5.11 Å². The maximum absolute atomic E-state index is 9.75. The molecule has 6 fully saturated rings. The second kappa shape index (κ2) is 9.29. The van der Waals surface area contributed by atoms with Gasteiger partial charge in [0.1, 0.15) is 5.75 Å². The molecule has 0 amide bonds. The summed E-state index contributed by atoms with van der Waals surface area (Å²) in [6.45, 7) is 5.71. The molecule has 35 heavy (non-hydrogen) atoms. The van der Waals surface area contributed by atoms with Crippen molar-refractivity contribution in [2.75, 3.05) is 19.7 Å². The Balaban J connectivity index is 1.03. The first-order valence-electron chi connectivity index (χ1n) is 14.1. The summed E-state index contributed by atoms with van der Waals surface area (Å²) in [5, 5.41) is 13.0. The lowest BCUT2D eigenvalue weighted by Crippen LogP contribution is -2.59. The molecule has 6 heteroatoms. The smallest absolute Gasteiger partial charge is 0.210 e. The number of hydrogen-bond acceptors (Lipinski definition) is 6. The van der Waals surface area contributed by atoms with Crippen molar-refractivity contribution in [3.8, 4) is 5.75 Å². The van der Waals surface area contributed by atoms with E-state index in [1.807, 2.05) is 13.8 Å². The van der Waals surface area contributed by atoms with Gasteiger partial charge in [-0.05, 0) is 107 Å². The second-order valence-electron chi connectivity index (χ2n) is 12.8. The first kappa shape index (κ1) is 24.2. The van der Waals surface area contributed by atoms with Gasteiger partial charge in [-0.15, -0.1) is 0 Å². The van der Waals surface area contributed by atoms with Gasteiger partial charge in [-0.1, -0.05) is 12.1 Å². The molecule has 2 N–H and O–H groups in total. The molecule has 0 radical (unpaired) electrons. The normalized spacial score (nSPS) is 40.1. The van der Waals surface area contributed by atoms with E-state index in [2.05, 4.69) is 29.6 Å². The lowest BCUT2D eigenvalue weighted by Gasteiger charge is -2.57. The minimum atomic E-state index is -0.675. The Morgan fingerprint density at radius 2 is 1.74 bits per heavy atom. The van der Waals surface area contributed by atoms with E-state index < -0.39 is 17.2 Å². The molecular formula is C29H43NO5. The van der Waals surface area contributed by atoms with Crippen LogP contribution < -0.4 is 10.1 Å². The van der Waals surface area contributed by atoms with E-state index in [-0.39, 0.29) is 0 Å². The van der Waals surface area contributed by atoms with Crippen LogP contribution in [0.2, 0.25) is 0 Å². The van der Waals surface area contributed by atoms with E-state index in [0.717, 1.165) is 56.2 Å². The zero-order valence-electron chi connectivity index (χ0n) is 21.5. The van der Waals surface area contributed by atoms with Crippen molar-refractivity contribution in [3.05, 3.63) is 29.8 Å². The molecule has 7 rings (SSSR count). The van der Waals surface area contributed by atoms with Crippen molar-refractivity contribution in [2.24, 2.45) is 23.7 Å². The molecule has 1 heterocycles. The predicted molar refractivity (Wildman–Crippen MR) is 133 cm³/mol. The molecule has 5 aliphatic carbocycles. The summed E-state index contributed by atoms with van der Waals surface area (Å²) in [7, 11) is 0. The zero-order chi connectivity index (χ0) is 24.1. The highest BCUT2D eigenvalue weighted by Crippen LogP contribution is 2.64. The van der Waals surface area contributed by atoms with Crippen molar-refractivity contribution in [1.82, 2.24) is 5.32 Å². The lowest BCUT2D eigenvalue weighted by atomic mass is 9.53. The van der Waals surface area contributed by atoms with Gasteiger partial charge in [0.2, 0.25) is 11.6 Å². The van der Waals surface area contributed by atoms with Crippen LogP contribution in [-0.4, -0.2) is 42.0 Å². The molecule has 6 nitrogen and oxygen atoms in total. The molecule has 6 aliphatic rings. The average molecular weight is 486 g/mol. The molecule has 1 unspecified atom stereocenters. The van der Waals surface area contributed by atoms with Gasteiger partial charge >= 0.3 is 0 Å². The molecule has 5 saturated carbocycles. The van der Waals surface area contributed by atoms with Crippen LogP contribution in [0.3, 0.4) is 0 Å². The molecule has 1 aromatic carbocycles. The maximum atomic E-state index is 9.75. The molecule has 1 aromatic rings. The molecular weight excluding hydrogens is 442 g/mol. The van der Waals surface area contributed by atoms with E-state index >= 15 is 0 Å². The first-order chi connectivity index (χ1) is 16.8. The van der Waals surface area contributed by atoms with Crippen molar-refractivity contribution >= 4 is 0 Å². The summed E-state index contributed by atoms with van der Waals surface area (Å²) in [5.41, 5.74) is 0.659. The van der Waals surface area contributed by atoms with Crippen LogP contribution in [0.25, 0.3) is 0 Å². The topological polar surface area (TPSA) is 69.2 Å². The standard InChI is InChI=1S/C29H43NO5/c1-27(2,31)19-30-11-4-12-32-26-8-6-22(7-9-26)23-5-3-10-28(18-23)33-29(35-34-28)24-14-20-13-21(16-24)17-25(29)15-20/h6-9,20-21,23-25,30-31H,3-5,10-19H2,1-2H3/t20?,21?,23?,24?,25?,28-,29?/m1/s1. The number of hydrogen-bond donors (Lipinski definition) is 2. The Morgan fingerprint density at radius 3 is 2.43 bits per heavy atom. The van der Waals surface area contributed by atoms with Gasteiger partial charge in [0.05, 0.1) is 12.2 Å². The van der Waals surface area contributed by atoms with Gasteiger partial charge in [0.15, 0.2) is 0 Å². The third kappa shape index (κ3) is 4.89. The number of ether oxygens (including phenoxy) is 2. The third-order valence-corrected chi connectivity index (χ3v) is 9.29. The molecule has 2 spiro atoms. The average Bonchev–Trinajstić information content (AvgIpc) is 3.18. The SMILES string of the molecule is CC(C)(O)CNCCCOc1ccc(C2CCC[C@]3(C2)OOC2(O3)C3CC4CC(C3)CC2C4)cc1. The van der Waals surface area contributed by atoms with E-state index in [1.165, 1.54) is 37.7 Å². The Kier molecular flexibility index (Phi) is 6.41. The minimum Gasteiger partial charge on any atom is -0.494 e. The molecule has 4 bridgehead atoms.